The molecular formula is C19H21FN6O. The zero-order chi connectivity index (χ0) is 19.2. The molecule has 0 fully saturated rings. The summed E-state index contributed by atoms with van der Waals surface area (Å²) in [5.41, 5.74) is 7.56. The molecule has 2 aromatic carbocycles. The molecule has 140 valence electrons. The Bertz CT molecular complexity index is 903. The van der Waals surface area contributed by atoms with Crippen molar-refractivity contribution in [2.24, 2.45) is 0 Å². The van der Waals surface area contributed by atoms with Crippen molar-refractivity contribution in [3.05, 3.63) is 65.7 Å². The highest BCUT2D eigenvalue weighted by Crippen LogP contribution is 2.25. The lowest BCUT2D eigenvalue weighted by Gasteiger charge is -2.16. The minimum absolute atomic E-state index is 0.132. The third kappa shape index (κ3) is 5.11. The van der Waals surface area contributed by atoms with Crippen LogP contribution in [-0.2, 0) is 13.1 Å². The first-order chi connectivity index (χ1) is 13.0. The highest BCUT2D eigenvalue weighted by Gasteiger charge is 2.10. The van der Waals surface area contributed by atoms with E-state index >= 15 is 0 Å². The fraction of sp³-hybridized carbons (Fsp3) is 0.211. The summed E-state index contributed by atoms with van der Waals surface area (Å²) in [4.78, 5) is 14.8. The van der Waals surface area contributed by atoms with Crippen LogP contribution in [0.2, 0.25) is 0 Å². The summed E-state index contributed by atoms with van der Waals surface area (Å²) in [5, 5.41) is 3.11. The molecule has 8 heteroatoms. The van der Waals surface area contributed by atoms with E-state index in [0.717, 1.165) is 11.3 Å². The molecule has 0 unspecified atom stereocenters. The number of methoxy groups -OCH3 is 1. The van der Waals surface area contributed by atoms with Crippen LogP contribution in [0.15, 0.2) is 48.5 Å². The zero-order valence-electron chi connectivity index (χ0n) is 15.2. The van der Waals surface area contributed by atoms with E-state index < -0.39 is 0 Å². The number of aromatic nitrogens is 3. The molecule has 0 atom stereocenters. The Morgan fingerprint density at radius 2 is 1.78 bits per heavy atom. The molecule has 0 radical (unpaired) electrons. The number of nitrogen functional groups attached to an aromatic ring is 1. The predicted octanol–water partition coefficient (Wildman–Crippen LogP) is 2.98. The molecule has 1 aromatic heterocycles. The quantitative estimate of drug-likeness (QED) is 0.663. The number of nitrogens with zero attached hydrogens (tertiary/aromatic N) is 4. The zero-order valence-corrected chi connectivity index (χ0v) is 15.2. The summed E-state index contributed by atoms with van der Waals surface area (Å²) in [7, 11) is 3.52. The predicted molar refractivity (Wildman–Crippen MR) is 102 cm³/mol. The van der Waals surface area contributed by atoms with Crippen LogP contribution in [-0.4, -0.2) is 34.0 Å². The van der Waals surface area contributed by atoms with Crippen molar-refractivity contribution < 1.29 is 9.13 Å². The average Bonchev–Trinajstić information content (AvgIpc) is 2.63. The molecule has 0 amide bonds. The van der Waals surface area contributed by atoms with Gasteiger partial charge in [0.15, 0.2) is 0 Å². The monoisotopic (exact) mass is 368 g/mol. The van der Waals surface area contributed by atoms with E-state index in [4.69, 9.17) is 10.5 Å². The van der Waals surface area contributed by atoms with E-state index in [9.17, 15) is 4.39 Å². The second-order valence-electron chi connectivity index (χ2n) is 6.06. The summed E-state index contributed by atoms with van der Waals surface area (Å²) in [5.74, 6) is 1.43. The smallest absolute Gasteiger partial charge is 0.232 e. The highest BCUT2D eigenvalue weighted by molar-refractivity contribution is 5.62. The molecule has 0 aliphatic carbocycles. The molecule has 3 N–H and O–H groups in total. The number of anilines is 3. The van der Waals surface area contributed by atoms with Gasteiger partial charge in [-0.3, -0.25) is 4.90 Å². The van der Waals surface area contributed by atoms with Gasteiger partial charge in [0, 0.05) is 6.54 Å². The second kappa shape index (κ2) is 8.41. The Kier molecular flexibility index (Phi) is 5.77. The van der Waals surface area contributed by atoms with Gasteiger partial charge >= 0.3 is 0 Å². The van der Waals surface area contributed by atoms with Crippen molar-refractivity contribution in [3.63, 3.8) is 0 Å². The largest absolute Gasteiger partial charge is 0.495 e. The van der Waals surface area contributed by atoms with Crippen molar-refractivity contribution in [1.82, 2.24) is 19.9 Å². The molecule has 0 spiro atoms. The lowest BCUT2D eigenvalue weighted by atomic mass is 10.2. The average molecular weight is 368 g/mol. The molecule has 0 bridgehead atoms. The van der Waals surface area contributed by atoms with E-state index in [1.54, 1.807) is 19.2 Å². The van der Waals surface area contributed by atoms with E-state index in [2.05, 4.69) is 20.3 Å². The number of nitrogens with two attached hydrogens (primary N) is 1. The van der Waals surface area contributed by atoms with Crippen molar-refractivity contribution in [3.8, 4) is 5.75 Å². The van der Waals surface area contributed by atoms with Gasteiger partial charge in [0.25, 0.3) is 0 Å². The molecule has 7 nitrogen and oxygen atoms in total. The van der Waals surface area contributed by atoms with Crippen LogP contribution >= 0.6 is 0 Å². The van der Waals surface area contributed by atoms with E-state index in [1.807, 2.05) is 36.2 Å². The topological polar surface area (TPSA) is 89.2 Å². The van der Waals surface area contributed by atoms with Crippen LogP contribution < -0.4 is 15.8 Å². The van der Waals surface area contributed by atoms with Crippen LogP contribution in [0.3, 0.4) is 0 Å². The maximum atomic E-state index is 13.0. The van der Waals surface area contributed by atoms with Crippen molar-refractivity contribution in [2.75, 3.05) is 25.2 Å². The summed E-state index contributed by atoms with van der Waals surface area (Å²) in [6, 6.07) is 13.8. The molecule has 0 aliphatic heterocycles. The molecule has 0 saturated heterocycles. The standard InChI is InChI=1S/C19H21FN6O/c1-26(11-13-7-9-14(20)10-8-13)12-17-23-18(21)25-19(24-17)22-15-5-3-4-6-16(15)27-2/h3-10H,11-12H2,1-2H3,(H3,21,22,23,24,25). The van der Waals surface area contributed by atoms with Gasteiger partial charge in [0.2, 0.25) is 11.9 Å². The third-order valence-electron chi connectivity index (χ3n) is 3.83. The van der Waals surface area contributed by atoms with Gasteiger partial charge in [-0.05, 0) is 36.9 Å². The fourth-order valence-corrected chi connectivity index (χ4v) is 2.63. The van der Waals surface area contributed by atoms with Crippen LogP contribution in [0.5, 0.6) is 5.75 Å². The van der Waals surface area contributed by atoms with E-state index in [-0.39, 0.29) is 11.8 Å². The normalized spacial score (nSPS) is 10.8. The number of halogens is 1. The number of rotatable bonds is 7. The Morgan fingerprint density at radius 3 is 2.52 bits per heavy atom. The summed E-state index contributed by atoms with van der Waals surface area (Å²) < 4.78 is 18.3. The Hall–Kier alpha value is -3.26. The number of ether oxygens (including phenoxy) is 1. The third-order valence-corrected chi connectivity index (χ3v) is 3.83. The minimum atomic E-state index is -0.251. The molecule has 0 aliphatic rings. The summed E-state index contributed by atoms with van der Waals surface area (Å²) in [6.45, 7) is 1.09. The maximum Gasteiger partial charge on any atom is 0.232 e. The van der Waals surface area contributed by atoms with Crippen molar-refractivity contribution >= 4 is 17.6 Å². The number of nitrogens with one attached hydrogen (secondary N) is 1. The van der Waals surface area contributed by atoms with Crippen molar-refractivity contribution in [2.45, 2.75) is 13.1 Å². The SMILES string of the molecule is COc1ccccc1Nc1nc(N)nc(CN(C)Cc2ccc(F)cc2)n1. The van der Waals surface area contributed by atoms with Gasteiger partial charge in [-0.1, -0.05) is 24.3 Å². The van der Waals surface area contributed by atoms with Crippen LogP contribution in [0.4, 0.5) is 22.0 Å². The second-order valence-corrected chi connectivity index (χ2v) is 6.06. The van der Waals surface area contributed by atoms with Crippen LogP contribution in [0.1, 0.15) is 11.4 Å². The number of hydrogen-bond donors (Lipinski definition) is 2. The molecule has 0 saturated carbocycles. The first-order valence-corrected chi connectivity index (χ1v) is 8.37. The maximum absolute atomic E-state index is 13.0. The Morgan fingerprint density at radius 1 is 1.04 bits per heavy atom. The van der Waals surface area contributed by atoms with Gasteiger partial charge in [0.1, 0.15) is 17.4 Å². The van der Waals surface area contributed by atoms with Gasteiger partial charge in [-0.2, -0.15) is 15.0 Å². The van der Waals surface area contributed by atoms with Crippen LogP contribution in [0.25, 0.3) is 0 Å². The van der Waals surface area contributed by atoms with Gasteiger partial charge < -0.3 is 15.8 Å². The first-order valence-electron chi connectivity index (χ1n) is 8.37. The van der Waals surface area contributed by atoms with Crippen LogP contribution in [0, 0.1) is 5.82 Å². The van der Waals surface area contributed by atoms with Gasteiger partial charge in [-0.25, -0.2) is 4.39 Å². The molecule has 3 rings (SSSR count). The molecule has 27 heavy (non-hydrogen) atoms. The van der Waals surface area contributed by atoms with Gasteiger partial charge in [0.05, 0.1) is 19.3 Å². The summed E-state index contributed by atoms with van der Waals surface area (Å²) in [6.07, 6.45) is 0. The first kappa shape index (κ1) is 18.5. The lowest BCUT2D eigenvalue weighted by Crippen LogP contribution is -2.20. The molecule has 1 heterocycles. The Balaban J connectivity index is 1.72. The summed E-state index contributed by atoms with van der Waals surface area (Å²) >= 11 is 0. The van der Waals surface area contributed by atoms with Gasteiger partial charge in [-0.15, -0.1) is 0 Å². The number of para-hydroxylation sites is 2. The number of hydrogen-bond acceptors (Lipinski definition) is 7. The minimum Gasteiger partial charge on any atom is -0.495 e. The van der Waals surface area contributed by atoms with Crippen molar-refractivity contribution in [1.29, 1.82) is 0 Å². The lowest BCUT2D eigenvalue weighted by molar-refractivity contribution is 0.310. The van der Waals surface area contributed by atoms with E-state index in [1.165, 1.54) is 12.1 Å². The molecule has 3 aromatic rings. The fourth-order valence-electron chi connectivity index (χ4n) is 2.63. The Labute approximate surface area is 157 Å². The highest BCUT2D eigenvalue weighted by atomic mass is 19.1. The number of benzene rings is 2. The van der Waals surface area contributed by atoms with E-state index in [0.29, 0.717) is 30.6 Å². The molecular weight excluding hydrogens is 347 g/mol.